The number of nitrogens with zero attached hydrogens (tertiary/aromatic N) is 2. The van der Waals surface area contributed by atoms with Crippen LogP contribution in [0.4, 0.5) is 8.78 Å². The van der Waals surface area contributed by atoms with Crippen molar-refractivity contribution in [3.63, 3.8) is 0 Å². The number of aromatic nitrogens is 2. The quantitative estimate of drug-likeness (QED) is 0.131. The fourth-order valence-electron chi connectivity index (χ4n) is 5.75. The van der Waals surface area contributed by atoms with Gasteiger partial charge in [0.25, 0.3) is 0 Å². The Bertz CT molecular complexity index is 2220. The summed E-state index contributed by atoms with van der Waals surface area (Å²) >= 11 is 1.48. The van der Waals surface area contributed by atoms with Gasteiger partial charge in [-0.2, -0.15) is 11.3 Å². The van der Waals surface area contributed by atoms with E-state index in [1.807, 2.05) is 48.5 Å². The molecule has 0 atom stereocenters. The second kappa shape index (κ2) is 13.6. The third kappa shape index (κ3) is 6.61. The topological polar surface area (TPSA) is 25.8 Å². The van der Waals surface area contributed by atoms with Crippen LogP contribution in [0.15, 0.2) is 91.3 Å². The van der Waals surface area contributed by atoms with Gasteiger partial charge in [-0.25, -0.2) is 8.78 Å². The van der Waals surface area contributed by atoms with Crippen molar-refractivity contribution in [2.24, 2.45) is 0 Å². The van der Waals surface area contributed by atoms with Crippen LogP contribution in [0.2, 0.25) is 19.6 Å². The number of aryl methyl sites for hydroxylation is 1. The number of pyridine rings is 2. The SMILES string of the molecule is Cc1cc(-c2[c-]cccc2)ncc1[Si](C)(C)C.[2H]C(C)(C)c1cc(-c2[c-]ccc3c2sc2cc(F)c4ccccc4c23)ncc1F.[Ir]. The maximum absolute atomic E-state index is 14.6. The van der Waals surface area contributed by atoms with Crippen LogP contribution in [0, 0.1) is 30.7 Å². The molecule has 0 N–H and O–H groups in total. The van der Waals surface area contributed by atoms with E-state index in [0.717, 1.165) is 48.6 Å². The van der Waals surface area contributed by atoms with Crippen molar-refractivity contribution in [1.82, 2.24) is 9.97 Å². The molecule has 46 heavy (non-hydrogen) atoms. The molecule has 4 aromatic carbocycles. The summed E-state index contributed by atoms with van der Waals surface area (Å²) in [5, 5.41) is 4.89. The van der Waals surface area contributed by atoms with Gasteiger partial charge in [-0.1, -0.05) is 80.8 Å². The van der Waals surface area contributed by atoms with Gasteiger partial charge in [0.15, 0.2) is 0 Å². The number of benzene rings is 4. The summed E-state index contributed by atoms with van der Waals surface area (Å²) in [5.41, 5.74) is 5.02. The molecule has 235 valence electrons. The van der Waals surface area contributed by atoms with E-state index >= 15 is 0 Å². The summed E-state index contributed by atoms with van der Waals surface area (Å²) in [5.74, 6) is -1.83. The molecule has 0 saturated carbocycles. The van der Waals surface area contributed by atoms with Crippen LogP contribution in [0.5, 0.6) is 0 Å². The number of thiophene rings is 1. The molecule has 3 aromatic heterocycles. The van der Waals surface area contributed by atoms with Crippen LogP contribution in [-0.4, -0.2) is 18.0 Å². The standard InChI is InChI=1S/C24H16F2NS.C15H18NSi.Ir/c1-13(2)18-10-21(27-12-20(18)26)16-8-5-9-17-23-15-7-4-3-6-14(15)19(25)11-22(23)28-24(16)17;1-12-10-14(13-8-6-5-7-9-13)16-11-15(12)17(2,3)4;/h3-7,9-13H,1-2H3;5-8,10-11H,1-4H3;/q2*-1;/i13D;;. The average Bonchev–Trinajstić information content (AvgIpc) is 3.39. The van der Waals surface area contributed by atoms with E-state index in [0.29, 0.717) is 11.1 Å². The second-order valence-electron chi connectivity index (χ2n) is 12.4. The van der Waals surface area contributed by atoms with Crippen molar-refractivity contribution in [3.05, 3.63) is 126 Å². The monoisotopic (exact) mass is 822 g/mol. The molecule has 0 bridgehead atoms. The zero-order valence-corrected chi connectivity index (χ0v) is 30.8. The van der Waals surface area contributed by atoms with E-state index in [1.54, 1.807) is 32.0 Å². The molecule has 0 saturated heterocycles. The normalized spacial score (nSPS) is 12.0. The van der Waals surface area contributed by atoms with Crippen LogP contribution in [0.1, 0.15) is 32.2 Å². The van der Waals surface area contributed by atoms with Gasteiger partial charge < -0.3 is 9.97 Å². The molecule has 0 aliphatic rings. The predicted octanol–water partition coefficient (Wildman–Crippen LogP) is 10.9. The zero-order valence-electron chi connectivity index (χ0n) is 27.6. The van der Waals surface area contributed by atoms with Gasteiger partial charge in [-0.15, -0.1) is 59.7 Å². The predicted molar refractivity (Wildman–Crippen MR) is 189 cm³/mol. The summed E-state index contributed by atoms with van der Waals surface area (Å²) < 4.78 is 38.9. The van der Waals surface area contributed by atoms with Gasteiger partial charge >= 0.3 is 0 Å². The summed E-state index contributed by atoms with van der Waals surface area (Å²) in [7, 11) is -1.27. The van der Waals surface area contributed by atoms with Gasteiger partial charge in [0, 0.05) is 37.8 Å². The van der Waals surface area contributed by atoms with Gasteiger partial charge in [0.05, 0.1) is 14.3 Å². The molecule has 0 fully saturated rings. The fraction of sp³-hybridized carbons (Fsp3) is 0.179. The Labute approximate surface area is 289 Å². The Balaban J connectivity index is 0.000000207. The summed E-state index contributed by atoms with van der Waals surface area (Å²) in [6, 6.07) is 31.0. The summed E-state index contributed by atoms with van der Waals surface area (Å²) in [6.07, 6.45) is 3.22. The van der Waals surface area contributed by atoms with Crippen molar-refractivity contribution >= 4 is 55.5 Å². The van der Waals surface area contributed by atoms with Crippen LogP contribution < -0.4 is 5.19 Å². The van der Waals surface area contributed by atoms with Gasteiger partial charge in [-0.05, 0) is 56.5 Å². The van der Waals surface area contributed by atoms with Gasteiger partial charge in [0.1, 0.15) is 11.6 Å². The fourth-order valence-corrected chi connectivity index (χ4v) is 8.71. The molecule has 0 aliphatic carbocycles. The van der Waals surface area contributed by atoms with Crippen LogP contribution in [0.3, 0.4) is 0 Å². The van der Waals surface area contributed by atoms with E-state index < -0.39 is 19.8 Å². The molecule has 2 nitrogen and oxygen atoms in total. The number of fused-ring (bicyclic) bond motifs is 5. The van der Waals surface area contributed by atoms with E-state index in [-0.39, 0.29) is 31.5 Å². The maximum Gasteiger partial charge on any atom is 0.143 e. The Kier molecular flexibility index (Phi) is 9.58. The van der Waals surface area contributed by atoms with Crippen LogP contribution >= 0.6 is 11.3 Å². The van der Waals surface area contributed by atoms with Crippen molar-refractivity contribution in [2.75, 3.05) is 0 Å². The zero-order chi connectivity index (χ0) is 32.8. The molecular formula is C39H34F2IrN2SSi-2. The first-order chi connectivity index (χ1) is 21.8. The Morgan fingerprint density at radius 2 is 1.52 bits per heavy atom. The maximum atomic E-state index is 14.6. The molecule has 0 aliphatic heterocycles. The summed E-state index contributed by atoms with van der Waals surface area (Å²) in [6.45, 7) is 12.5. The molecule has 7 aromatic rings. The minimum Gasteiger partial charge on any atom is -0.305 e. The van der Waals surface area contributed by atoms with Gasteiger partial charge in [-0.3, -0.25) is 0 Å². The molecule has 0 amide bonds. The Hall–Kier alpha value is -3.61. The number of rotatable bonds is 4. The molecule has 7 rings (SSSR count). The van der Waals surface area contributed by atoms with Crippen LogP contribution in [-0.2, 0) is 20.1 Å². The molecular weight excluding hydrogens is 787 g/mol. The van der Waals surface area contributed by atoms with E-state index in [9.17, 15) is 8.78 Å². The number of hydrogen-bond donors (Lipinski definition) is 0. The van der Waals surface area contributed by atoms with Crippen molar-refractivity contribution < 1.29 is 30.3 Å². The first kappa shape index (κ1) is 32.3. The molecule has 0 unspecified atom stereocenters. The summed E-state index contributed by atoms with van der Waals surface area (Å²) in [4.78, 5) is 8.85. The largest absolute Gasteiger partial charge is 0.305 e. The minimum absolute atomic E-state index is 0. The smallest absolute Gasteiger partial charge is 0.143 e. The Morgan fingerprint density at radius 1 is 0.804 bits per heavy atom. The third-order valence-electron chi connectivity index (χ3n) is 7.94. The molecule has 1 radical (unpaired) electrons. The third-order valence-corrected chi connectivity index (χ3v) is 11.3. The van der Waals surface area contributed by atoms with E-state index in [1.165, 1.54) is 22.1 Å². The number of halogens is 2. The second-order valence-corrected chi connectivity index (χ2v) is 18.5. The van der Waals surface area contributed by atoms with Crippen molar-refractivity contribution in [2.45, 2.75) is 46.3 Å². The Morgan fingerprint density at radius 3 is 2.20 bits per heavy atom. The first-order valence-corrected chi connectivity index (χ1v) is 19.2. The molecule has 3 heterocycles. The first-order valence-electron chi connectivity index (χ1n) is 15.4. The van der Waals surface area contributed by atoms with Gasteiger partial charge in [0.2, 0.25) is 0 Å². The van der Waals surface area contributed by atoms with Crippen molar-refractivity contribution in [1.29, 1.82) is 0 Å². The number of hydrogen-bond acceptors (Lipinski definition) is 3. The minimum atomic E-state index is -1.27. The van der Waals surface area contributed by atoms with Crippen molar-refractivity contribution in [3.8, 4) is 22.5 Å². The average molecular weight is 822 g/mol. The van der Waals surface area contributed by atoms with E-state index in [2.05, 4.69) is 67.0 Å². The van der Waals surface area contributed by atoms with E-state index in [4.69, 9.17) is 1.37 Å². The van der Waals surface area contributed by atoms with Crippen LogP contribution in [0.25, 0.3) is 53.5 Å². The molecule has 7 heteroatoms. The molecule has 0 spiro atoms.